The smallest absolute Gasteiger partial charge is 0.273 e. The summed E-state index contributed by atoms with van der Waals surface area (Å²) in [6, 6.07) is 8.17. The lowest BCUT2D eigenvalue weighted by Gasteiger charge is -2.27. The van der Waals surface area contributed by atoms with Crippen LogP contribution in [0.4, 0.5) is 5.69 Å². The van der Waals surface area contributed by atoms with Crippen LogP contribution < -0.4 is 11.1 Å². The molecular formula is C21H27N5OS. The van der Waals surface area contributed by atoms with Gasteiger partial charge < -0.3 is 16.0 Å². The van der Waals surface area contributed by atoms with Crippen molar-refractivity contribution in [2.75, 3.05) is 19.6 Å². The number of aliphatic imine (C=N–C) groups is 1. The van der Waals surface area contributed by atoms with Crippen LogP contribution in [0.2, 0.25) is 0 Å². The second-order valence-corrected chi connectivity index (χ2v) is 7.76. The Morgan fingerprint density at radius 2 is 2.21 bits per heavy atom. The van der Waals surface area contributed by atoms with Crippen LogP contribution in [0.3, 0.4) is 0 Å². The summed E-state index contributed by atoms with van der Waals surface area (Å²) >= 11 is 1.41. The molecule has 0 unspecified atom stereocenters. The quantitative estimate of drug-likeness (QED) is 0.702. The zero-order chi connectivity index (χ0) is 19.9. The monoisotopic (exact) mass is 397 g/mol. The fourth-order valence-electron chi connectivity index (χ4n) is 3.19. The van der Waals surface area contributed by atoms with Crippen molar-refractivity contribution in [3.63, 3.8) is 0 Å². The van der Waals surface area contributed by atoms with E-state index in [1.807, 2.05) is 41.5 Å². The highest BCUT2D eigenvalue weighted by atomic mass is 32.1. The Morgan fingerprint density at radius 3 is 2.86 bits per heavy atom. The fraction of sp³-hybridized carbons (Fsp3) is 0.381. The molecule has 0 radical (unpaired) electrons. The van der Waals surface area contributed by atoms with E-state index in [1.54, 1.807) is 6.21 Å². The minimum atomic E-state index is -0.00936. The van der Waals surface area contributed by atoms with E-state index in [9.17, 15) is 4.79 Å². The van der Waals surface area contributed by atoms with Crippen molar-refractivity contribution in [3.8, 4) is 0 Å². The van der Waals surface area contributed by atoms with Crippen molar-refractivity contribution in [1.82, 2.24) is 15.2 Å². The van der Waals surface area contributed by atoms with Gasteiger partial charge in [0.2, 0.25) is 0 Å². The number of nitrogens with zero attached hydrogens (tertiary/aromatic N) is 3. The predicted octanol–water partition coefficient (Wildman–Crippen LogP) is 3.37. The molecule has 1 fully saturated rings. The largest absolute Gasteiger partial charge is 0.404 e. The highest BCUT2D eigenvalue weighted by Gasteiger charge is 2.28. The predicted molar refractivity (Wildman–Crippen MR) is 116 cm³/mol. The summed E-state index contributed by atoms with van der Waals surface area (Å²) in [5.41, 5.74) is 9.01. The molecule has 1 amide bonds. The van der Waals surface area contributed by atoms with Crippen molar-refractivity contribution in [2.24, 2.45) is 10.7 Å². The van der Waals surface area contributed by atoms with Gasteiger partial charge in [-0.15, -0.1) is 11.3 Å². The minimum absolute atomic E-state index is 0.00936. The van der Waals surface area contributed by atoms with Crippen molar-refractivity contribution in [2.45, 2.75) is 32.7 Å². The molecule has 28 heavy (non-hydrogen) atoms. The Kier molecular flexibility index (Phi) is 6.95. The topological polar surface area (TPSA) is 83.6 Å². The summed E-state index contributed by atoms with van der Waals surface area (Å²) in [6.45, 7) is 6.67. The fourth-order valence-corrected chi connectivity index (χ4v) is 3.98. The molecule has 1 saturated heterocycles. The summed E-state index contributed by atoms with van der Waals surface area (Å²) in [7, 11) is 0. The number of carbonyl (C=O) groups is 1. The van der Waals surface area contributed by atoms with E-state index >= 15 is 0 Å². The first-order chi connectivity index (χ1) is 13.6. The number of hydrogen-bond donors (Lipinski definition) is 2. The number of allylic oxidation sites excluding steroid dienone is 1. The van der Waals surface area contributed by atoms with Crippen molar-refractivity contribution >= 4 is 34.7 Å². The number of thiazole rings is 1. The van der Waals surface area contributed by atoms with Gasteiger partial charge in [-0.3, -0.25) is 9.79 Å². The number of aromatic nitrogens is 1. The van der Waals surface area contributed by atoms with Crippen molar-refractivity contribution < 1.29 is 4.79 Å². The second kappa shape index (κ2) is 9.61. The zero-order valence-corrected chi connectivity index (χ0v) is 17.2. The highest BCUT2D eigenvalue weighted by molar-refractivity contribution is 7.11. The van der Waals surface area contributed by atoms with E-state index in [-0.39, 0.29) is 11.9 Å². The first-order valence-corrected chi connectivity index (χ1v) is 10.5. The number of rotatable bonds is 7. The molecule has 0 bridgehead atoms. The Hall–Kier alpha value is -2.51. The lowest BCUT2D eigenvalue weighted by atomic mass is 10.2. The minimum Gasteiger partial charge on any atom is -0.404 e. The molecule has 1 aliphatic heterocycles. The molecule has 148 valence electrons. The van der Waals surface area contributed by atoms with Gasteiger partial charge in [0.25, 0.3) is 5.91 Å². The van der Waals surface area contributed by atoms with Crippen LogP contribution in [0.15, 0.2) is 40.8 Å². The maximum atomic E-state index is 13.0. The number of nitrogens with one attached hydrogen (secondary N) is 1. The van der Waals surface area contributed by atoms with Gasteiger partial charge in [0, 0.05) is 42.5 Å². The summed E-state index contributed by atoms with van der Waals surface area (Å²) < 4.78 is 0. The average molecular weight is 398 g/mol. The van der Waals surface area contributed by atoms with E-state index < -0.39 is 0 Å². The average Bonchev–Trinajstić information content (AvgIpc) is 3.40. The summed E-state index contributed by atoms with van der Waals surface area (Å²) in [5.74, 6) is -0.00936. The first kappa shape index (κ1) is 20.2. The van der Waals surface area contributed by atoms with Crippen LogP contribution in [-0.4, -0.2) is 47.7 Å². The zero-order valence-electron chi connectivity index (χ0n) is 16.4. The Labute approximate surface area is 170 Å². The van der Waals surface area contributed by atoms with Crippen LogP contribution in [0.1, 0.15) is 40.8 Å². The Morgan fingerprint density at radius 1 is 1.43 bits per heavy atom. The number of hydrogen-bond acceptors (Lipinski definition) is 6. The molecule has 6 nitrogen and oxygen atoms in total. The number of nitrogens with two attached hydrogens (primary N) is 1. The second-order valence-electron chi connectivity index (χ2n) is 6.90. The molecular weight excluding hydrogens is 370 g/mol. The third-order valence-corrected chi connectivity index (χ3v) is 5.63. The van der Waals surface area contributed by atoms with Gasteiger partial charge in [-0.05, 0) is 38.4 Å². The normalized spacial score (nSPS) is 17.4. The van der Waals surface area contributed by atoms with Crippen LogP contribution in [0.25, 0.3) is 5.57 Å². The molecule has 3 N–H and O–H groups in total. The maximum Gasteiger partial charge on any atom is 0.273 e. The molecule has 2 heterocycles. The number of carbonyl (C=O) groups excluding carboxylic acids is 1. The van der Waals surface area contributed by atoms with Gasteiger partial charge in [0.15, 0.2) is 0 Å². The highest BCUT2D eigenvalue weighted by Crippen LogP contribution is 2.22. The number of amides is 1. The van der Waals surface area contributed by atoms with Crippen molar-refractivity contribution in [3.05, 3.63) is 52.1 Å². The molecule has 1 aromatic carbocycles. The van der Waals surface area contributed by atoms with Crippen LogP contribution in [-0.2, 0) is 0 Å². The van der Waals surface area contributed by atoms with E-state index in [4.69, 9.17) is 5.73 Å². The van der Waals surface area contributed by atoms with Crippen LogP contribution in [0, 0.1) is 6.92 Å². The summed E-state index contributed by atoms with van der Waals surface area (Å²) in [5, 5.41) is 5.84. The molecule has 1 atom stereocenters. The lowest BCUT2D eigenvalue weighted by molar-refractivity contribution is 0.0687. The number of aryl methyl sites for hydroxylation is 1. The first-order valence-electron chi connectivity index (χ1n) is 9.62. The van der Waals surface area contributed by atoms with Gasteiger partial charge >= 0.3 is 0 Å². The number of benzene rings is 1. The van der Waals surface area contributed by atoms with E-state index in [0.29, 0.717) is 16.3 Å². The van der Waals surface area contributed by atoms with Gasteiger partial charge in [-0.25, -0.2) is 4.98 Å². The summed E-state index contributed by atoms with van der Waals surface area (Å²) in [6.07, 6.45) is 5.09. The molecule has 7 heteroatoms. The van der Waals surface area contributed by atoms with Gasteiger partial charge in [0.05, 0.1) is 5.69 Å². The van der Waals surface area contributed by atoms with Gasteiger partial charge in [-0.1, -0.05) is 24.6 Å². The van der Waals surface area contributed by atoms with Crippen molar-refractivity contribution in [1.29, 1.82) is 0 Å². The Balaban J connectivity index is 1.75. The van der Waals surface area contributed by atoms with E-state index in [1.165, 1.54) is 23.1 Å². The standard InChI is InChI=1S/C21H27N5OS/c1-3-10-26(18-8-9-23-13-18)21(27)19-14-28-20(25-19)16(11-22)12-24-17-6-4-15(2)5-7-17/h4-7,11-12,14,18,23H,3,8-10,13,22H2,1-2H3/b16-11+,24-12?/t18-/m1/s1. The molecule has 2 aromatic rings. The molecule has 1 aromatic heterocycles. The SMILES string of the molecule is CCCN(C(=O)c1csc(/C(C=Nc2ccc(C)cc2)=C/N)n1)[C@@H]1CCNC1. The Bertz CT molecular complexity index is 850. The molecule has 0 spiro atoms. The lowest BCUT2D eigenvalue weighted by Crippen LogP contribution is -2.42. The van der Waals surface area contributed by atoms with Gasteiger partial charge in [-0.2, -0.15) is 0 Å². The maximum absolute atomic E-state index is 13.0. The van der Waals surface area contributed by atoms with E-state index in [0.717, 1.165) is 38.2 Å². The molecule has 0 saturated carbocycles. The summed E-state index contributed by atoms with van der Waals surface area (Å²) in [4.78, 5) is 24.0. The van der Waals surface area contributed by atoms with Gasteiger partial charge in [0.1, 0.15) is 10.7 Å². The molecule has 1 aliphatic rings. The molecule has 0 aliphatic carbocycles. The molecule has 3 rings (SSSR count). The third-order valence-electron chi connectivity index (χ3n) is 4.74. The third kappa shape index (κ3) is 4.85. The van der Waals surface area contributed by atoms with Crippen LogP contribution in [0.5, 0.6) is 0 Å². The van der Waals surface area contributed by atoms with E-state index in [2.05, 4.69) is 22.2 Å². The van der Waals surface area contributed by atoms with Crippen LogP contribution >= 0.6 is 11.3 Å².